The highest BCUT2D eigenvalue weighted by Gasteiger charge is 2.24. The van der Waals surface area contributed by atoms with Crippen LogP contribution in [0.25, 0.3) is 0 Å². The molecule has 0 radical (unpaired) electrons. The third kappa shape index (κ3) is 3.33. The van der Waals surface area contributed by atoms with Gasteiger partial charge < -0.3 is 10.0 Å². The molecule has 2 heterocycles. The number of amides is 1. The van der Waals surface area contributed by atoms with Gasteiger partial charge in [0.05, 0.1) is 17.9 Å². The van der Waals surface area contributed by atoms with Gasteiger partial charge in [-0.15, -0.1) is 0 Å². The normalized spacial score (nSPS) is 18.6. The van der Waals surface area contributed by atoms with Crippen LogP contribution in [0.1, 0.15) is 29.4 Å². The Morgan fingerprint density at radius 3 is 2.68 bits per heavy atom. The van der Waals surface area contributed by atoms with Crippen LogP contribution < -0.4 is 0 Å². The summed E-state index contributed by atoms with van der Waals surface area (Å²) in [5.74, 6) is 0.0435. The van der Waals surface area contributed by atoms with Crippen LogP contribution in [0.15, 0.2) is 6.20 Å². The fourth-order valence-electron chi connectivity index (χ4n) is 2.30. The summed E-state index contributed by atoms with van der Waals surface area (Å²) in [6.07, 6.45) is 2.09. The van der Waals surface area contributed by atoms with E-state index < -0.39 is 0 Å². The topological polar surface area (TPSA) is 72.5 Å². The summed E-state index contributed by atoms with van der Waals surface area (Å²) in [4.78, 5) is 16.3. The lowest BCUT2D eigenvalue weighted by molar-refractivity contribution is 0.0523. The molecule has 1 fully saturated rings. The summed E-state index contributed by atoms with van der Waals surface area (Å²) < 4.78 is 0. The van der Waals surface area contributed by atoms with E-state index in [1.54, 1.807) is 6.20 Å². The van der Waals surface area contributed by atoms with Crippen LogP contribution in [0.4, 0.5) is 0 Å². The van der Waals surface area contributed by atoms with Crippen molar-refractivity contribution in [2.45, 2.75) is 26.4 Å². The second-order valence-corrected chi connectivity index (χ2v) is 5.06. The molecule has 1 aliphatic heterocycles. The molecule has 1 aromatic heterocycles. The lowest BCUT2D eigenvalue weighted by atomic mass is 10.2. The number of hydrogen-bond donors (Lipinski definition) is 2. The Balaban J connectivity index is 1.86. The van der Waals surface area contributed by atoms with E-state index in [4.69, 9.17) is 0 Å². The molecule has 6 nitrogen and oxygen atoms in total. The van der Waals surface area contributed by atoms with Crippen molar-refractivity contribution >= 4 is 5.91 Å². The van der Waals surface area contributed by atoms with Crippen LogP contribution in [0.3, 0.4) is 0 Å². The SMILES string of the molecule is CC[C@H](O)CN1CCN(C(=O)c2cn[nH]c2C)CC1. The molecule has 2 N–H and O–H groups in total. The number of piperazine rings is 1. The van der Waals surface area contributed by atoms with Gasteiger partial charge in [0.25, 0.3) is 5.91 Å². The van der Waals surface area contributed by atoms with Crippen molar-refractivity contribution in [2.24, 2.45) is 0 Å². The quantitative estimate of drug-likeness (QED) is 0.819. The Kier molecular flexibility index (Phi) is 4.55. The first-order valence-electron chi connectivity index (χ1n) is 6.81. The molecule has 0 aliphatic carbocycles. The van der Waals surface area contributed by atoms with E-state index in [-0.39, 0.29) is 12.0 Å². The Morgan fingerprint density at radius 1 is 1.47 bits per heavy atom. The summed E-state index contributed by atoms with van der Waals surface area (Å²) >= 11 is 0. The number of hydrogen-bond acceptors (Lipinski definition) is 4. The molecule has 1 atom stereocenters. The van der Waals surface area contributed by atoms with E-state index in [0.717, 1.165) is 25.2 Å². The molecular formula is C13H22N4O2. The van der Waals surface area contributed by atoms with Gasteiger partial charge in [-0.2, -0.15) is 5.10 Å². The maximum Gasteiger partial charge on any atom is 0.257 e. The van der Waals surface area contributed by atoms with E-state index in [9.17, 15) is 9.90 Å². The van der Waals surface area contributed by atoms with Crippen LogP contribution >= 0.6 is 0 Å². The van der Waals surface area contributed by atoms with E-state index in [2.05, 4.69) is 15.1 Å². The van der Waals surface area contributed by atoms with Gasteiger partial charge in [0, 0.05) is 38.4 Å². The van der Waals surface area contributed by atoms with Gasteiger partial charge in [0.1, 0.15) is 0 Å². The Bertz CT molecular complexity index is 424. The number of carbonyl (C=O) groups excluding carboxylic acids is 1. The van der Waals surface area contributed by atoms with Gasteiger partial charge in [-0.25, -0.2) is 0 Å². The standard InChI is InChI=1S/C13H22N4O2/c1-3-11(18)9-16-4-6-17(7-5-16)13(19)12-8-14-15-10(12)2/h8,11,18H,3-7,9H2,1-2H3,(H,14,15)/t11-/m0/s1. The van der Waals surface area contributed by atoms with Crippen molar-refractivity contribution in [3.05, 3.63) is 17.5 Å². The third-order valence-corrected chi connectivity index (χ3v) is 3.66. The van der Waals surface area contributed by atoms with Crippen molar-refractivity contribution in [2.75, 3.05) is 32.7 Å². The van der Waals surface area contributed by atoms with Crippen LogP contribution in [0, 0.1) is 6.92 Å². The van der Waals surface area contributed by atoms with Gasteiger partial charge in [0.15, 0.2) is 0 Å². The second-order valence-electron chi connectivity index (χ2n) is 5.06. The van der Waals surface area contributed by atoms with Gasteiger partial charge in [0.2, 0.25) is 0 Å². The zero-order valence-corrected chi connectivity index (χ0v) is 11.6. The fourth-order valence-corrected chi connectivity index (χ4v) is 2.30. The molecule has 1 aromatic rings. The minimum atomic E-state index is -0.265. The van der Waals surface area contributed by atoms with E-state index in [1.165, 1.54) is 0 Å². The smallest absolute Gasteiger partial charge is 0.257 e. The minimum Gasteiger partial charge on any atom is -0.392 e. The average Bonchev–Trinajstić information content (AvgIpc) is 2.85. The number of rotatable bonds is 4. The third-order valence-electron chi connectivity index (χ3n) is 3.66. The molecule has 0 bridgehead atoms. The number of carbonyl (C=O) groups is 1. The number of aryl methyl sites for hydroxylation is 1. The molecule has 0 saturated carbocycles. The number of nitrogens with zero attached hydrogens (tertiary/aromatic N) is 3. The fraction of sp³-hybridized carbons (Fsp3) is 0.692. The Morgan fingerprint density at radius 2 is 2.16 bits per heavy atom. The molecule has 0 unspecified atom stereocenters. The molecule has 0 aromatic carbocycles. The first kappa shape index (κ1) is 14.0. The largest absolute Gasteiger partial charge is 0.392 e. The summed E-state index contributed by atoms with van der Waals surface area (Å²) in [7, 11) is 0. The molecular weight excluding hydrogens is 244 g/mol. The average molecular weight is 266 g/mol. The first-order valence-corrected chi connectivity index (χ1v) is 6.81. The van der Waals surface area contributed by atoms with Gasteiger partial charge in [-0.1, -0.05) is 6.92 Å². The zero-order valence-electron chi connectivity index (χ0n) is 11.6. The highest BCUT2D eigenvalue weighted by Crippen LogP contribution is 2.11. The number of aliphatic hydroxyl groups excluding tert-OH is 1. The first-order chi connectivity index (χ1) is 9.11. The Labute approximate surface area is 113 Å². The molecule has 1 saturated heterocycles. The maximum absolute atomic E-state index is 12.3. The summed E-state index contributed by atoms with van der Waals surface area (Å²) in [6.45, 7) is 7.59. The van der Waals surface area contributed by atoms with Crippen LogP contribution in [-0.4, -0.2) is 69.8 Å². The summed E-state index contributed by atoms with van der Waals surface area (Å²) in [5.41, 5.74) is 1.47. The highest BCUT2D eigenvalue weighted by molar-refractivity contribution is 5.95. The molecule has 2 rings (SSSR count). The van der Waals surface area contributed by atoms with Gasteiger partial charge in [-0.3, -0.25) is 14.8 Å². The monoisotopic (exact) mass is 266 g/mol. The molecule has 19 heavy (non-hydrogen) atoms. The van der Waals surface area contributed by atoms with Crippen molar-refractivity contribution in [3.8, 4) is 0 Å². The highest BCUT2D eigenvalue weighted by atomic mass is 16.3. The minimum absolute atomic E-state index is 0.0435. The number of aliphatic hydroxyl groups is 1. The van der Waals surface area contributed by atoms with E-state index in [0.29, 0.717) is 25.2 Å². The predicted octanol–water partition coefficient (Wildman–Crippen LogP) is 0.247. The number of nitrogens with one attached hydrogen (secondary N) is 1. The van der Waals surface area contributed by atoms with E-state index >= 15 is 0 Å². The molecule has 106 valence electrons. The molecule has 1 amide bonds. The van der Waals surface area contributed by atoms with Gasteiger partial charge in [-0.05, 0) is 13.3 Å². The number of aromatic nitrogens is 2. The molecule has 0 spiro atoms. The molecule has 6 heteroatoms. The zero-order chi connectivity index (χ0) is 13.8. The van der Waals surface area contributed by atoms with Crippen molar-refractivity contribution in [1.29, 1.82) is 0 Å². The predicted molar refractivity (Wildman–Crippen MR) is 72.0 cm³/mol. The van der Waals surface area contributed by atoms with Crippen molar-refractivity contribution < 1.29 is 9.90 Å². The van der Waals surface area contributed by atoms with Crippen molar-refractivity contribution in [3.63, 3.8) is 0 Å². The lowest BCUT2D eigenvalue weighted by Gasteiger charge is -2.35. The van der Waals surface area contributed by atoms with Crippen LogP contribution in [-0.2, 0) is 0 Å². The van der Waals surface area contributed by atoms with Gasteiger partial charge >= 0.3 is 0 Å². The number of H-pyrrole nitrogens is 1. The summed E-state index contributed by atoms with van der Waals surface area (Å²) in [6, 6.07) is 0. The Hall–Kier alpha value is -1.40. The van der Waals surface area contributed by atoms with Crippen LogP contribution in [0.5, 0.6) is 0 Å². The lowest BCUT2D eigenvalue weighted by Crippen LogP contribution is -2.50. The number of aromatic amines is 1. The van der Waals surface area contributed by atoms with Crippen LogP contribution in [0.2, 0.25) is 0 Å². The van der Waals surface area contributed by atoms with Crippen molar-refractivity contribution in [1.82, 2.24) is 20.0 Å². The number of β-amino-alcohol motifs (C(OH)–C–C–N with tert-alkyl or cyclic N) is 1. The maximum atomic E-state index is 12.3. The summed E-state index contributed by atoms with van der Waals surface area (Å²) in [5, 5.41) is 16.3. The second kappa shape index (κ2) is 6.16. The molecule has 1 aliphatic rings. The van der Waals surface area contributed by atoms with E-state index in [1.807, 2.05) is 18.7 Å².